The second-order valence-corrected chi connectivity index (χ2v) is 5.33. The van der Waals surface area contributed by atoms with Gasteiger partial charge in [-0.1, -0.05) is 0 Å². The third-order valence-corrected chi connectivity index (χ3v) is 3.94. The van der Waals surface area contributed by atoms with Crippen molar-refractivity contribution in [2.75, 3.05) is 18.0 Å². The van der Waals surface area contributed by atoms with Crippen molar-refractivity contribution in [3.8, 4) is 0 Å². The van der Waals surface area contributed by atoms with Gasteiger partial charge in [-0.15, -0.1) is 0 Å². The Kier molecular flexibility index (Phi) is 2.21. The lowest BCUT2D eigenvalue weighted by molar-refractivity contribution is 0.191. The van der Waals surface area contributed by atoms with Gasteiger partial charge < -0.3 is 4.90 Å². The van der Waals surface area contributed by atoms with E-state index < -0.39 is 0 Å². The number of likely N-dealkylation sites (tertiary alicyclic amines) is 1. The molecule has 0 aliphatic carbocycles. The molecule has 88 valence electrons. The fourth-order valence-electron chi connectivity index (χ4n) is 3.17. The number of fused-ring (bicyclic) bond motifs is 2. The van der Waals surface area contributed by atoms with E-state index >= 15 is 0 Å². The molecule has 0 radical (unpaired) electrons. The summed E-state index contributed by atoms with van der Waals surface area (Å²) in [5, 5.41) is 4.51. The van der Waals surface area contributed by atoms with Gasteiger partial charge in [0.25, 0.3) is 0 Å². The molecule has 3 rings (SSSR count). The van der Waals surface area contributed by atoms with Crippen molar-refractivity contribution in [1.29, 1.82) is 0 Å². The summed E-state index contributed by atoms with van der Waals surface area (Å²) in [7, 11) is 1.98. The Morgan fingerprint density at radius 3 is 2.62 bits per heavy atom. The van der Waals surface area contributed by atoms with E-state index in [0.717, 1.165) is 18.4 Å². The lowest BCUT2D eigenvalue weighted by Gasteiger charge is -2.36. The smallest absolute Gasteiger partial charge is 0.150 e. The maximum atomic E-state index is 4.51. The fourth-order valence-corrected chi connectivity index (χ4v) is 3.17. The summed E-state index contributed by atoms with van der Waals surface area (Å²) in [4.78, 5) is 5.10. The Bertz CT molecular complexity index is 384. The Labute approximate surface area is 96.8 Å². The van der Waals surface area contributed by atoms with Gasteiger partial charge in [0.05, 0.1) is 0 Å². The van der Waals surface area contributed by atoms with Gasteiger partial charge >= 0.3 is 0 Å². The Morgan fingerprint density at radius 2 is 2.12 bits per heavy atom. The number of anilines is 1. The predicted molar refractivity (Wildman–Crippen MR) is 64.6 cm³/mol. The standard InChI is InChI=1S/C12H20N4/c1-9(2)15-7-11-6-10(15)8-16(11)12-4-5-14(3)13-12/h4-5,9-11H,6-8H2,1-3H3. The van der Waals surface area contributed by atoms with E-state index in [9.17, 15) is 0 Å². The van der Waals surface area contributed by atoms with E-state index in [1.165, 1.54) is 13.0 Å². The fraction of sp³-hybridized carbons (Fsp3) is 0.750. The van der Waals surface area contributed by atoms with E-state index in [1.807, 2.05) is 17.9 Å². The number of nitrogens with zero attached hydrogens (tertiary/aromatic N) is 4. The summed E-state index contributed by atoms with van der Waals surface area (Å²) >= 11 is 0. The van der Waals surface area contributed by atoms with Gasteiger partial charge in [-0.25, -0.2) is 0 Å². The topological polar surface area (TPSA) is 24.3 Å². The highest BCUT2D eigenvalue weighted by Gasteiger charge is 2.44. The lowest BCUT2D eigenvalue weighted by atomic mass is 10.2. The number of hydrogen-bond acceptors (Lipinski definition) is 3. The number of aryl methyl sites for hydroxylation is 1. The molecular weight excluding hydrogens is 200 g/mol. The highest BCUT2D eigenvalue weighted by atomic mass is 15.4. The largest absolute Gasteiger partial charge is 0.349 e. The van der Waals surface area contributed by atoms with Crippen LogP contribution in [0, 0.1) is 0 Å². The van der Waals surface area contributed by atoms with Crippen LogP contribution in [0.15, 0.2) is 12.3 Å². The van der Waals surface area contributed by atoms with E-state index in [0.29, 0.717) is 12.1 Å². The minimum absolute atomic E-state index is 0.681. The first kappa shape index (κ1) is 10.1. The summed E-state index contributed by atoms with van der Waals surface area (Å²) < 4.78 is 1.89. The van der Waals surface area contributed by atoms with Gasteiger partial charge in [-0.3, -0.25) is 9.58 Å². The van der Waals surface area contributed by atoms with Crippen LogP contribution in [-0.4, -0.2) is 45.9 Å². The third-order valence-electron chi connectivity index (χ3n) is 3.94. The molecule has 1 aromatic rings. The van der Waals surface area contributed by atoms with Crippen molar-refractivity contribution in [2.24, 2.45) is 7.05 Å². The molecule has 0 N–H and O–H groups in total. The quantitative estimate of drug-likeness (QED) is 0.745. The van der Waals surface area contributed by atoms with Crippen LogP contribution < -0.4 is 4.90 Å². The van der Waals surface area contributed by atoms with Crippen LogP contribution in [0.5, 0.6) is 0 Å². The molecule has 4 heteroatoms. The second-order valence-electron chi connectivity index (χ2n) is 5.33. The average molecular weight is 220 g/mol. The van der Waals surface area contributed by atoms with Crippen molar-refractivity contribution in [2.45, 2.75) is 38.4 Å². The molecule has 0 amide bonds. The Hall–Kier alpha value is -1.03. The summed E-state index contributed by atoms with van der Waals surface area (Å²) in [6.07, 6.45) is 3.34. The van der Waals surface area contributed by atoms with Crippen LogP contribution in [0.2, 0.25) is 0 Å². The lowest BCUT2D eigenvalue weighted by Crippen LogP contribution is -2.49. The summed E-state index contributed by atoms with van der Waals surface area (Å²) in [6.45, 7) is 6.95. The molecule has 4 nitrogen and oxygen atoms in total. The van der Waals surface area contributed by atoms with Crippen LogP contribution in [0.4, 0.5) is 5.82 Å². The van der Waals surface area contributed by atoms with Gasteiger partial charge in [-0.2, -0.15) is 5.10 Å². The monoisotopic (exact) mass is 220 g/mol. The van der Waals surface area contributed by atoms with Crippen molar-refractivity contribution < 1.29 is 0 Å². The molecule has 2 bridgehead atoms. The number of rotatable bonds is 2. The van der Waals surface area contributed by atoms with Gasteiger partial charge in [-0.05, 0) is 20.3 Å². The van der Waals surface area contributed by atoms with Gasteiger partial charge in [0.15, 0.2) is 5.82 Å². The highest BCUT2D eigenvalue weighted by Crippen LogP contribution is 2.34. The van der Waals surface area contributed by atoms with E-state index in [-0.39, 0.29) is 0 Å². The first-order chi connectivity index (χ1) is 7.65. The normalized spacial score (nSPS) is 29.6. The van der Waals surface area contributed by atoms with Crippen molar-refractivity contribution in [1.82, 2.24) is 14.7 Å². The SMILES string of the molecule is CC(C)N1CC2CC1CN2c1ccn(C)n1. The number of piperazine rings is 1. The van der Waals surface area contributed by atoms with Gasteiger partial charge in [0, 0.05) is 50.5 Å². The molecule has 2 atom stereocenters. The maximum absolute atomic E-state index is 4.51. The molecule has 2 fully saturated rings. The van der Waals surface area contributed by atoms with Crippen LogP contribution in [0.3, 0.4) is 0 Å². The Balaban J connectivity index is 1.76. The Morgan fingerprint density at radius 1 is 1.31 bits per heavy atom. The first-order valence-electron chi connectivity index (χ1n) is 6.17. The molecule has 2 saturated heterocycles. The van der Waals surface area contributed by atoms with Gasteiger partial charge in [0.2, 0.25) is 0 Å². The minimum atomic E-state index is 0.681. The maximum Gasteiger partial charge on any atom is 0.150 e. The molecule has 0 aromatic carbocycles. The second kappa shape index (κ2) is 3.48. The van der Waals surface area contributed by atoms with Crippen molar-refractivity contribution in [3.05, 3.63) is 12.3 Å². The zero-order chi connectivity index (χ0) is 11.3. The number of hydrogen-bond donors (Lipinski definition) is 0. The molecule has 1 aromatic heterocycles. The zero-order valence-corrected chi connectivity index (χ0v) is 10.3. The molecule has 2 unspecified atom stereocenters. The molecular formula is C12H20N4. The summed E-state index contributed by atoms with van der Waals surface area (Å²) in [6, 6.07) is 4.23. The molecule has 16 heavy (non-hydrogen) atoms. The molecule has 3 heterocycles. The van der Waals surface area contributed by atoms with Crippen LogP contribution in [-0.2, 0) is 7.05 Å². The zero-order valence-electron chi connectivity index (χ0n) is 10.3. The average Bonchev–Trinajstić information content (AvgIpc) is 2.89. The molecule has 2 aliphatic heterocycles. The van der Waals surface area contributed by atoms with Crippen molar-refractivity contribution in [3.63, 3.8) is 0 Å². The van der Waals surface area contributed by atoms with Gasteiger partial charge in [0.1, 0.15) is 0 Å². The van der Waals surface area contributed by atoms with E-state index in [4.69, 9.17) is 0 Å². The molecule has 0 saturated carbocycles. The third kappa shape index (κ3) is 1.44. The van der Waals surface area contributed by atoms with E-state index in [2.05, 4.69) is 34.8 Å². The van der Waals surface area contributed by atoms with E-state index in [1.54, 1.807) is 0 Å². The van der Waals surface area contributed by atoms with Crippen LogP contribution >= 0.6 is 0 Å². The summed E-state index contributed by atoms with van der Waals surface area (Å²) in [5.74, 6) is 1.15. The van der Waals surface area contributed by atoms with Crippen LogP contribution in [0.1, 0.15) is 20.3 Å². The number of aromatic nitrogens is 2. The molecule has 2 aliphatic rings. The highest BCUT2D eigenvalue weighted by molar-refractivity contribution is 5.42. The predicted octanol–water partition coefficient (Wildman–Crippen LogP) is 1.09. The molecule has 0 spiro atoms. The van der Waals surface area contributed by atoms with Crippen LogP contribution in [0.25, 0.3) is 0 Å². The minimum Gasteiger partial charge on any atom is -0.349 e. The van der Waals surface area contributed by atoms with Crippen molar-refractivity contribution >= 4 is 5.82 Å². The summed E-state index contributed by atoms with van der Waals surface area (Å²) in [5.41, 5.74) is 0. The first-order valence-corrected chi connectivity index (χ1v) is 6.17.